The van der Waals surface area contributed by atoms with Gasteiger partial charge in [-0.15, -0.1) is 6.58 Å². The van der Waals surface area contributed by atoms with Gasteiger partial charge in [0.25, 0.3) is 0 Å². The van der Waals surface area contributed by atoms with E-state index >= 15 is 0 Å². The SMILES string of the molecule is C=CCCCCCCCCC#N.CC(C=O)CCCCCCCCC#N.CCCCCCCCCCC#N.N#CCCCCCCCCCCC=O.[CH3-].[Rh]. The smallest absolute Gasteiger partial charge is 0.122 e. The van der Waals surface area contributed by atoms with Crippen molar-refractivity contribution in [1.29, 1.82) is 21.0 Å². The molecule has 0 aliphatic carbocycles. The van der Waals surface area contributed by atoms with E-state index in [9.17, 15) is 9.59 Å². The molecule has 54 heavy (non-hydrogen) atoms. The van der Waals surface area contributed by atoms with Crippen molar-refractivity contribution in [2.75, 3.05) is 0 Å². The number of unbranched alkanes of at least 4 members (excludes halogenated alkanes) is 30. The Kier molecular flexibility index (Phi) is 80.9. The molecule has 6 nitrogen and oxygen atoms in total. The van der Waals surface area contributed by atoms with Gasteiger partial charge in [-0.2, -0.15) is 21.0 Å². The molecule has 0 rings (SSSR count). The summed E-state index contributed by atoms with van der Waals surface area (Å²) in [6.07, 6.45) is 44.5. The van der Waals surface area contributed by atoms with Crippen LogP contribution in [0.1, 0.15) is 239 Å². The van der Waals surface area contributed by atoms with Crippen LogP contribution in [0.5, 0.6) is 0 Å². The van der Waals surface area contributed by atoms with Crippen LogP contribution in [0.4, 0.5) is 0 Å². The van der Waals surface area contributed by atoms with Gasteiger partial charge in [0.15, 0.2) is 0 Å². The summed E-state index contributed by atoms with van der Waals surface area (Å²) < 4.78 is 0. The number of nitrogens with zero attached hydrogens (tertiary/aromatic N) is 4. The molecular formula is C47H85N4O2Rh-. The summed E-state index contributed by atoms with van der Waals surface area (Å²) in [5.41, 5.74) is 0. The molecule has 0 heterocycles. The molecule has 0 aromatic heterocycles. The number of carbonyl (C=O) groups excluding carboxylic acids is 2. The van der Waals surface area contributed by atoms with Gasteiger partial charge in [0, 0.05) is 57.5 Å². The van der Waals surface area contributed by atoms with Crippen molar-refractivity contribution >= 4 is 12.6 Å². The molecule has 0 N–H and O–H groups in total. The number of aldehydes is 2. The molecule has 0 aromatic carbocycles. The Morgan fingerprint density at radius 3 is 1.02 bits per heavy atom. The second-order valence-corrected chi connectivity index (χ2v) is 14.1. The molecule has 1 atom stereocenters. The summed E-state index contributed by atoms with van der Waals surface area (Å²) in [5, 5.41) is 33.2. The van der Waals surface area contributed by atoms with Crippen LogP contribution < -0.4 is 0 Å². The summed E-state index contributed by atoms with van der Waals surface area (Å²) >= 11 is 0. The van der Waals surface area contributed by atoms with E-state index in [0.717, 1.165) is 83.2 Å². The molecule has 0 aliphatic heterocycles. The predicted octanol–water partition coefficient (Wildman–Crippen LogP) is 15.4. The third kappa shape index (κ3) is 78.7. The Morgan fingerprint density at radius 1 is 0.463 bits per heavy atom. The van der Waals surface area contributed by atoms with Crippen molar-refractivity contribution in [3.8, 4) is 24.3 Å². The van der Waals surface area contributed by atoms with E-state index in [4.69, 9.17) is 21.0 Å². The van der Waals surface area contributed by atoms with Gasteiger partial charge in [0.1, 0.15) is 12.6 Å². The summed E-state index contributed by atoms with van der Waals surface area (Å²) in [7, 11) is 0. The maximum atomic E-state index is 10.3. The van der Waals surface area contributed by atoms with Crippen LogP contribution in [0, 0.1) is 58.7 Å². The molecule has 0 saturated heterocycles. The van der Waals surface area contributed by atoms with Crippen molar-refractivity contribution in [3.05, 3.63) is 20.1 Å². The van der Waals surface area contributed by atoms with Gasteiger partial charge in [0.2, 0.25) is 0 Å². The first-order valence-electron chi connectivity index (χ1n) is 21.5. The van der Waals surface area contributed by atoms with E-state index in [-0.39, 0.29) is 32.8 Å². The zero-order valence-electron chi connectivity index (χ0n) is 35.7. The molecule has 1 radical (unpaired) electrons. The fourth-order valence-corrected chi connectivity index (χ4v) is 5.48. The first-order chi connectivity index (χ1) is 25.6. The third-order valence-electron chi connectivity index (χ3n) is 8.88. The van der Waals surface area contributed by atoms with Crippen molar-refractivity contribution in [2.24, 2.45) is 5.92 Å². The molecule has 7 heteroatoms. The fraction of sp³-hybridized carbons (Fsp3) is 0.809. The minimum absolute atomic E-state index is 0. The summed E-state index contributed by atoms with van der Waals surface area (Å²) in [6, 6.07) is 8.66. The van der Waals surface area contributed by atoms with Crippen molar-refractivity contribution in [3.63, 3.8) is 0 Å². The third-order valence-corrected chi connectivity index (χ3v) is 8.88. The van der Waals surface area contributed by atoms with Crippen molar-refractivity contribution in [1.82, 2.24) is 0 Å². The van der Waals surface area contributed by atoms with Crippen LogP contribution in [0.15, 0.2) is 12.7 Å². The first kappa shape index (κ1) is 63.6. The minimum atomic E-state index is 0. The second kappa shape index (κ2) is 68.7. The average Bonchev–Trinajstić information content (AvgIpc) is 3.16. The minimum Gasteiger partial charge on any atom is -0.358 e. The maximum absolute atomic E-state index is 10.3. The molecule has 0 bridgehead atoms. The average molecular weight is 841 g/mol. The maximum Gasteiger partial charge on any atom is 0.122 e. The largest absolute Gasteiger partial charge is 0.358 e. The Bertz CT molecular complexity index is 869. The van der Waals surface area contributed by atoms with Crippen LogP contribution in [0.3, 0.4) is 0 Å². The number of rotatable bonds is 35. The molecular weight excluding hydrogens is 755 g/mol. The molecule has 0 fully saturated rings. The van der Waals surface area contributed by atoms with Crippen LogP contribution in [-0.4, -0.2) is 12.6 Å². The first-order valence-corrected chi connectivity index (χ1v) is 21.5. The predicted molar refractivity (Wildman–Crippen MR) is 228 cm³/mol. The Morgan fingerprint density at radius 2 is 0.741 bits per heavy atom. The van der Waals surface area contributed by atoms with E-state index in [2.05, 4.69) is 37.8 Å². The summed E-state index contributed by atoms with van der Waals surface area (Å²) in [4.78, 5) is 20.3. The van der Waals surface area contributed by atoms with Crippen LogP contribution >= 0.6 is 0 Å². The molecule has 0 amide bonds. The van der Waals surface area contributed by atoms with Gasteiger partial charge in [-0.3, -0.25) is 0 Å². The quantitative estimate of drug-likeness (QED) is 0.0205. The van der Waals surface area contributed by atoms with Gasteiger partial charge in [-0.05, 0) is 51.4 Å². The number of hydrogen-bond acceptors (Lipinski definition) is 6. The molecule has 315 valence electrons. The van der Waals surface area contributed by atoms with Gasteiger partial charge in [-0.25, -0.2) is 0 Å². The van der Waals surface area contributed by atoms with Crippen molar-refractivity contribution < 1.29 is 29.1 Å². The monoisotopic (exact) mass is 841 g/mol. The summed E-state index contributed by atoms with van der Waals surface area (Å²) in [5.74, 6) is 0.230. The zero-order chi connectivity index (χ0) is 39.3. The molecule has 0 aliphatic rings. The Hall–Kier alpha value is -2.34. The number of allylic oxidation sites excluding steroid dienone is 1. The van der Waals surface area contributed by atoms with Gasteiger partial charge < -0.3 is 17.0 Å². The number of nitriles is 4. The van der Waals surface area contributed by atoms with E-state index in [0.29, 0.717) is 12.8 Å². The Balaban J connectivity index is -0.000000141. The fourth-order valence-electron chi connectivity index (χ4n) is 5.48. The second-order valence-electron chi connectivity index (χ2n) is 14.1. The van der Waals surface area contributed by atoms with Gasteiger partial charge in [0.05, 0.1) is 24.3 Å². The van der Waals surface area contributed by atoms with Crippen molar-refractivity contribution in [2.45, 2.75) is 239 Å². The number of carbonyl (C=O) groups is 2. The summed E-state index contributed by atoms with van der Waals surface area (Å²) in [6.45, 7) is 7.90. The van der Waals surface area contributed by atoms with Gasteiger partial charge >= 0.3 is 0 Å². The topological polar surface area (TPSA) is 129 Å². The van der Waals surface area contributed by atoms with Crippen LogP contribution in [-0.2, 0) is 29.1 Å². The molecule has 0 saturated carbocycles. The van der Waals surface area contributed by atoms with E-state index < -0.39 is 0 Å². The van der Waals surface area contributed by atoms with Gasteiger partial charge in [-0.1, -0.05) is 161 Å². The van der Waals surface area contributed by atoms with Crippen LogP contribution in [0.2, 0.25) is 0 Å². The van der Waals surface area contributed by atoms with E-state index in [1.54, 1.807) is 0 Å². The zero-order valence-corrected chi connectivity index (χ0v) is 37.3. The molecule has 0 spiro atoms. The van der Waals surface area contributed by atoms with E-state index in [1.165, 1.54) is 141 Å². The Labute approximate surface area is 350 Å². The molecule has 1 unspecified atom stereocenters. The van der Waals surface area contributed by atoms with E-state index in [1.807, 2.05) is 13.0 Å². The molecule has 0 aromatic rings. The normalized spacial score (nSPS) is 9.81. The number of hydrogen-bond donors (Lipinski definition) is 0. The standard InChI is InChI=1S/2C12H21NO.C11H21N.C11H19N.CH3.Rh/c1-12(11-14)9-7-5-3-2-4-6-8-10-13;13-11-9-7-5-3-1-2-4-6-8-10-12-14;2*1-2-3-4-5-6-7-8-9-10-11-12;;/h11-12H,2-9H2,1H3;12H,1-10H2;2-10H2,1H3;2H,1,3-10H2;1H3;/q;;;;-1;. The van der Waals surface area contributed by atoms with Crippen LogP contribution in [0.25, 0.3) is 0 Å².